The molecule has 0 amide bonds. The van der Waals surface area contributed by atoms with E-state index in [-0.39, 0.29) is 0 Å². The summed E-state index contributed by atoms with van der Waals surface area (Å²) in [5.41, 5.74) is 4.65. The third kappa shape index (κ3) is 3.02. The zero-order valence-electron chi connectivity index (χ0n) is 15.0. The van der Waals surface area contributed by atoms with Gasteiger partial charge in [0, 0.05) is 16.8 Å². The van der Waals surface area contributed by atoms with Crippen LogP contribution in [0.4, 0.5) is 17.1 Å². The van der Waals surface area contributed by atoms with Crippen molar-refractivity contribution in [3.05, 3.63) is 96.6 Å². The standard InChI is InChI=1S/C24H21NO/c1-18-10-12-20(13-11-18)25(21-14-16-22(26-2)17-15-21)24-9-5-7-19-6-3-4-8-23(19)24/h3-17H,1-2H3. The molecule has 0 saturated heterocycles. The van der Waals surface area contributed by atoms with E-state index in [1.807, 2.05) is 12.1 Å². The molecule has 2 heteroatoms. The fourth-order valence-electron chi connectivity index (χ4n) is 3.26. The summed E-state index contributed by atoms with van der Waals surface area (Å²) >= 11 is 0. The van der Waals surface area contributed by atoms with E-state index in [0.29, 0.717) is 0 Å². The highest BCUT2D eigenvalue weighted by atomic mass is 16.5. The van der Waals surface area contributed by atoms with Gasteiger partial charge in [-0.1, -0.05) is 54.1 Å². The average molecular weight is 339 g/mol. The Kier molecular flexibility index (Phi) is 4.32. The van der Waals surface area contributed by atoms with Crippen molar-refractivity contribution in [1.82, 2.24) is 0 Å². The molecule has 0 spiro atoms. The molecule has 128 valence electrons. The van der Waals surface area contributed by atoms with Crippen molar-refractivity contribution in [2.24, 2.45) is 0 Å². The molecule has 0 unspecified atom stereocenters. The van der Waals surface area contributed by atoms with Crippen LogP contribution in [-0.2, 0) is 0 Å². The van der Waals surface area contributed by atoms with Gasteiger partial charge in [-0.25, -0.2) is 0 Å². The van der Waals surface area contributed by atoms with Gasteiger partial charge in [-0.3, -0.25) is 0 Å². The Labute approximate surface area is 154 Å². The molecule has 0 aliphatic carbocycles. The maximum absolute atomic E-state index is 5.33. The highest BCUT2D eigenvalue weighted by Gasteiger charge is 2.14. The molecule has 0 N–H and O–H groups in total. The molecule has 0 aliphatic heterocycles. The summed E-state index contributed by atoms with van der Waals surface area (Å²) in [6.07, 6.45) is 0. The highest BCUT2D eigenvalue weighted by molar-refractivity contribution is 5.98. The molecular formula is C24H21NO. The van der Waals surface area contributed by atoms with E-state index < -0.39 is 0 Å². The second-order valence-electron chi connectivity index (χ2n) is 6.37. The molecule has 0 saturated carbocycles. The van der Waals surface area contributed by atoms with E-state index in [1.54, 1.807) is 7.11 Å². The van der Waals surface area contributed by atoms with Gasteiger partial charge in [0.1, 0.15) is 5.75 Å². The summed E-state index contributed by atoms with van der Waals surface area (Å²) in [5, 5.41) is 2.46. The number of hydrogen-bond donors (Lipinski definition) is 0. The minimum atomic E-state index is 0.857. The van der Waals surface area contributed by atoms with Crippen LogP contribution in [0.15, 0.2) is 91.0 Å². The number of anilines is 3. The SMILES string of the molecule is COc1ccc(N(c2ccc(C)cc2)c2cccc3ccccc23)cc1. The quantitative estimate of drug-likeness (QED) is 0.414. The largest absolute Gasteiger partial charge is 0.497 e. The number of ether oxygens (including phenoxy) is 1. The fraction of sp³-hybridized carbons (Fsp3) is 0.0833. The molecule has 0 fully saturated rings. The predicted octanol–water partition coefficient (Wildman–Crippen LogP) is 6.63. The van der Waals surface area contributed by atoms with Gasteiger partial charge in [-0.05, 0) is 54.8 Å². The van der Waals surface area contributed by atoms with Crippen LogP contribution in [-0.4, -0.2) is 7.11 Å². The van der Waals surface area contributed by atoms with Gasteiger partial charge in [0.2, 0.25) is 0 Å². The molecule has 0 aromatic heterocycles. The van der Waals surface area contributed by atoms with Crippen LogP contribution in [0, 0.1) is 6.92 Å². The Bertz CT molecular complexity index is 1010. The average Bonchev–Trinajstić information content (AvgIpc) is 2.70. The number of benzene rings is 4. The number of nitrogens with zero attached hydrogens (tertiary/aromatic N) is 1. The molecule has 0 atom stereocenters. The molecular weight excluding hydrogens is 318 g/mol. The lowest BCUT2D eigenvalue weighted by molar-refractivity contribution is 0.415. The summed E-state index contributed by atoms with van der Waals surface area (Å²) in [6.45, 7) is 2.11. The van der Waals surface area contributed by atoms with E-state index in [9.17, 15) is 0 Å². The van der Waals surface area contributed by atoms with E-state index in [0.717, 1.165) is 22.8 Å². The first-order valence-electron chi connectivity index (χ1n) is 8.75. The van der Waals surface area contributed by atoms with Crippen molar-refractivity contribution in [3.8, 4) is 5.75 Å². The summed E-state index contributed by atoms with van der Waals surface area (Å²) in [4.78, 5) is 2.29. The van der Waals surface area contributed by atoms with E-state index in [2.05, 4.69) is 90.7 Å². The van der Waals surface area contributed by atoms with Crippen LogP contribution in [0.5, 0.6) is 5.75 Å². The molecule has 0 aliphatic rings. The lowest BCUT2D eigenvalue weighted by atomic mass is 10.1. The molecule has 4 aromatic rings. The van der Waals surface area contributed by atoms with Crippen LogP contribution in [0.1, 0.15) is 5.56 Å². The molecule has 0 bridgehead atoms. The molecule has 4 rings (SSSR count). The Balaban J connectivity index is 1.93. The minimum absolute atomic E-state index is 0.857. The number of methoxy groups -OCH3 is 1. The zero-order valence-corrected chi connectivity index (χ0v) is 15.0. The summed E-state index contributed by atoms with van der Waals surface area (Å²) in [7, 11) is 1.69. The summed E-state index contributed by atoms with van der Waals surface area (Å²) in [6, 6.07) is 31.8. The van der Waals surface area contributed by atoms with Gasteiger partial charge in [0.05, 0.1) is 12.8 Å². The number of fused-ring (bicyclic) bond motifs is 1. The van der Waals surface area contributed by atoms with Crippen molar-refractivity contribution in [1.29, 1.82) is 0 Å². The van der Waals surface area contributed by atoms with Gasteiger partial charge in [0.25, 0.3) is 0 Å². The van der Waals surface area contributed by atoms with Crippen molar-refractivity contribution in [3.63, 3.8) is 0 Å². The third-order valence-electron chi connectivity index (χ3n) is 4.63. The van der Waals surface area contributed by atoms with Crippen molar-refractivity contribution >= 4 is 27.8 Å². The second kappa shape index (κ2) is 6.93. The molecule has 26 heavy (non-hydrogen) atoms. The first kappa shape index (κ1) is 16.2. The second-order valence-corrected chi connectivity index (χ2v) is 6.37. The number of rotatable bonds is 4. The third-order valence-corrected chi connectivity index (χ3v) is 4.63. The minimum Gasteiger partial charge on any atom is -0.497 e. The van der Waals surface area contributed by atoms with E-state index in [1.165, 1.54) is 16.3 Å². The maximum Gasteiger partial charge on any atom is 0.119 e. The Morgan fingerprint density at radius 3 is 1.96 bits per heavy atom. The molecule has 4 aromatic carbocycles. The summed E-state index contributed by atoms with van der Waals surface area (Å²) in [5.74, 6) is 0.857. The molecule has 2 nitrogen and oxygen atoms in total. The fourth-order valence-corrected chi connectivity index (χ4v) is 3.26. The Morgan fingerprint density at radius 2 is 1.27 bits per heavy atom. The monoisotopic (exact) mass is 339 g/mol. The van der Waals surface area contributed by atoms with Crippen LogP contribution >= 0.6 is 0 Å². The van der Waals surface area contributed by atoms with Gasteiger partial charge in [-0.2, -0.15) is 0 Å². The van der Waals surface area contributed by atoms with Crippen molar-refractivity contribution in [2.45, 2.75) is 6.92 Å². The van der Waals surface area contributed by atoms with Crippen molar-refractivity contribution < 1.29 is 4.74 Å². The smallest absolute Gasteiger partial charge is 0.119 e. The topological polar surface area (TPSA) is 12.5 Å². The maximum atomic E-state index is 5.33. The van der Waals surface area contributed by atoms with Crippen LogP contribution in [0.2, 0.25) is 0 Å². The van der Waals surface area contributed by atoms with Crippen LogP contribution < -0.4 is 9.64 Å². The lowest BCUT2D eigenvalue weighted by Crippen LogP contribution is -2.10. The van der Waals surface area contributed by atoms with Gasteiger partial charge < -0.3 is 9.64 Å². The first-order chi connectivity index (χ1) is 12.8. The van der Waals surface area contributed by atoms with Gasteiger partial charge in [-0.15, -0.1) is 0 Å². The Morgan fingerprint density at radius 1 is 0.654 bits per heavy atom. The van der Waals surface area contributed by atoms with Crippen LogP contribution in [0.3, 0.4) is 0 Å². The molecule has 0 radical (unpaired) electrons. The number of hydrogen-bond acceptors (Lipinski definition) is 2. The number of aryl methyl sites for hydroxylation is 1. The van der Waals surface area contributed by atoms with Crippen molar-refractivity contribution in [2.75, 3.05) is 12.0 Å². The van der Waals surface area contributed by atoms with E-state index >= 15 is 0 Å². The Hall–Kier alpha value is -3.26. The van der Waals surface area contributed by atoms with E-state index in [4.69, 9.17) is 4.74 Å². The zero-order chi connectivity index (χ0) is 17.9. The van der Waals surface area contributed by atoms with Gasteiger partial charge >= 0.3 is 0 Å². The normalized spacial score (nSPS) is 10.7. The van der Waals surface area contributed by atoms with Crippen LogP contribution in [0.25, 0.3) is 10.8 Å². The highest BCUT2D eigenvalue weighted by Crippen LogP contribution is 2.39. The molecule has 0 heterocycles. The van der Waals surface area contributed by atoms with Gasteiger partial charge in [0.15, 0.2) is 0 Å². The first-order valence-corrected chi connectivity index (χ1v) is 8.75. The predicted molar refractivity (Wildman–Crippen MR) is 110 cm³/mol. The lowest BCUT2D eigenvalue weighted by Gasteiger charge is -2.27. The summed E-state index contributed by atoms with van der Waals surface area (Å²) < 4.78 is 5.33.